The second-order valence-electron chi connectivity index (χ2n) is 8.37. The van der Waals surface area contributed by atoms with Gasteiger partial charge in [-0.05, 0) is 50.0 Å². The summed E-state index contributed by atoms with van der Waals surface area (Å²) in [5.41, 5.74) is 0.350. The lowest BCUT2D eigenvalue weighted by Gasteiger charge is -2.38. The summed E-state index contributed by atoms with van der Waals surface area (Å²) >= 11 is 0. The molecule has 0 aromatic carbocycles. The lowest BCUT2D eigenvalue weighted by atomic mass is 9.68. The van der Waals surface area contributed by atoms with Crippen LogP contribution < -0.4 is 0 Å². The van der Waals surface area contributed by atoms with Gasteiger partial charge in [0, 0.05) is 25.4 Å². The Labute approximate surface area is 125 Å². The quantitative estimate of drug-likeness (QED) is 0.771. The lowest BCUT2D eigenvalue weighted by molar-refractivity contribution is -0.127. The molecule has 2 rings (SSSR count). The van der Waals surface area contributed by atoms with Crippen LogP contribution in [0.5, 0.6) is 0 Å². The Morgan fingerprint density at radius 2 is 1.75 bits per heavy atom. The zero-order valence-corrected chi connectivity index (χ0v) is 14.0. The van der Waals surface area contributed by atoms with Crippen LogP contribution in [0.25, 0.3) is 0 Å². The molecule has 2 atom stereocenters. The van der Waals surface area contributed by atoms with Gasteiger partial charge in [-0.25, -0.2) is 0 Å². The van der Waals surface area contributed by atoms with E-state index in [2.05, 4.69) is 32.7 Å². The number of ketones is 1. The van der Waals surface area contributed by atoms with Crippen LogP contribution in [0.3, 0.4) is 0 Å². The lowest BCUT2D eigenvalue weighted by Crippen LogP contribution is -2.39. The fourth-order valence-corrected chi connectivity index (χ4v) is 4.16. The molecule has 0 N–H and O–H groups in total. The minimum Gasteiger partial charge on any atom is -0.305 e. The van der Waals surface area contributed by atoms with Crippen LogP contribution >= 0.6 is 0 Å². The summed E-state index contributed by atoms with van der Waals surface area (Å²) in [6.07, 6.45) is 8.63. The molecular formula is C18H33NO. The smallest absolute Gasteiger partial charge is 0.137 e. The van der Waals surface area contributed by atoms with Crippen molar-refractivity contribution in [1.82, 2.24) is 4.90 Å². The number of carbonyl (C=O) groups is 1. The van der Waals surface area contributed by atoms with E-state index < -0.39 is 0 Å². The Hall–Kier alpha value is -0.370. The van der Waals surface area contributed by atoms with Gasteiger partial charge in [-0.2, -0.15) is 0 Å². The molecule has 116 valence electrons. The average molecular weight is 279 g/mol. The molecule has 0 amide bonds. The van der Waals surface area contributed by atoms with E-state index in [4.69, 9.17) is 0 Å². The second kappa shape index (κ2) is 6.60. The summed E-state index contributed by atoms with van der Waals surface area (Å²) in [7, 11) is 2.21. The Kier molecular flexibility index (Phi) is 5.28. The molecule has 2 unspecified atom stereocenters. The van der Waals surface area contributed by atoms with Gasteiger partial charge in [-0.15, -0.1) is 0 Å². The molecule has 20 heavy (non-hydrogen) atoms. The number of hydrogen-bond acceptors (Lipinski definition) is 2. The molecule has 0 aromatic rings. The zero-order valence-electron chi connectivity index (χ0n) is 14.0. The topological polar surface area (TPSA) is 20.3 Å². The van der Waals surface area contributed by atoms with Crippen molar-refractivity contribution in [3.05, 3.63) is 0 Å². The number of nitrogens with zero attached hydrogens (tertiary/aromatic N) is 1. The predicted molar refractivity (Wildman–Crippen MR) is 84.7 cm³/mol. The molecule has 2 aliphatic carbocycles. The van der Waals surface area contributed by atoms with E-state index in [0.29, 0.717) is 23.0 Å². The highest BCUT2D eigenvalue weighted by Crippen LogP contribution is 2.39. The van der Waals surface area contributed by atoms with Crippen molar-refractivity contribution >= 4 is 5.78 Å². The van der Waals surface area contributed by atoms with Crippen LogP contribution in [0.1, 0.15) is 65.7 Å². The summed E-state index contributed by atoms with van der Waals surface area (Å²) in [5.74, 6) is 2.41. The maximum atomic E-state index is 12.2. The van der Waals surface area contributed by atoms with Crippen LogP contribution in [0, 0.1) is 23.2 Å². The molecule has 0 radical (unpaired) electrons. The average Bonchev–Trinajstić information content (AvgIpc) is 2.83. The first-order chi connectivity index (χ1) is 9.36. The Bertz CT molecular complexity index is 325. The third-order valence-corrected chi connectivity index (χ3v) is 5.56. The normalized spacial score (nSPS) is 29.4. The van der Waals surface area contributed by atoms with Gasteiger partial charge in [-0.1, -0.05) is 33.6 Å². The summed E-state index contributed by atoms with van der Waals surface area (Å²) in [5, 5.41) is 0. The van der Waals surface area contributed by atoms with E-state index in [1.54, 1.807) is 0 Å². The van der Waals surface area contributed by atoms with Gasteiger partial charge in [0.2, 0.25) is 0 Å². The van der Waals surface area contributed by atoms with Gasteiger partial charge >= 0.3 is 0 Å². The number of carbonyl (C=O) groups excluding carboxylic acids is 1. The summed E-state index contributed by atoms with van der Waals surface area (Å²) in [6.45, 7) is 9.16. The van der Waals surface area contributed by atoms with Gasteiger partial charge in [-0.3, -0.25) is 4.79 Å². The molecule has 0 aliphatic heterocycles. The van der Waals surface area contributed by atoms with Crippen LogP contribution in [0.15, 0.2) is 0 Å². The number of Topliss-reactive ketones (excluding diaryl/α,β-unsaturated/α-hetero) is 1. The van der Waals surface area contributed by atoms with Crippen molar-refractivity contribution < 1.29 is 4.79 Å². The van der Waals surface area contributed by atoms with Crippen LogP contribution in [0.2, 0.25) is 0 Å². The van der Waals surface area contributed by atoms with E-state index in [1.807, 2.05) is 0 Å². The summed E-state index contributed by atoms with van der Waals surface area (Å²) in [4.78, 5) is 14.6. The second-order valence-corrected chi connectivity index (χ2v) is 8.37. The molecule has 0 aromatic heterocycles. The van der Waals surface area contributed by atoms with Crippen molar-refractivity contribution in [1.29, 1.82) is 0 Å². The molecule has 0 bridgehead atoms. The maximum Gasteiger partial charge on any atom is 0.137 e. The highest BCUT2D eigenvalue weighted by atomic mass is 16.1. The van der Waals surface area contributed by atoms with Crippen LogP contribution in [-0.4, -0.2) is 30.8 Å². The fraction of sp³-hybridized carbons (Fsp3) is 0.944. The SMILES string of the molecule is CN(CC1CCCC1)CC1CC(C(C)(C)C)CCC1=O. The summed E-state index contributed by atoms with van der Waals surface area (Å²) < 4.78 is 0. The van der Waals surface area contributed by atoms with Gasteiger partial charge in [0.25, 0.3) is 0 Å². The Morgan fingerprint density at radius 3 is 2.35 bits per heavy atom. The van der Waals surface area contributed by atoms with Crippen molar-refractivity contribution in [2.45, 2.75) is 65.7 Å². The van der Waals surface area contributed by atoms with Crippen molar-refractivity contribution in [2.75, 3.05) is 20.1 Å². The third kappa shape index (κ3) is 4.31. The predicted octanol–water partition coefficient (Wildman–Crippen LogP) is 4.14. The van der Waals surface area contributed by atoms with E-state index in [-0.39, 0.29) is 0 Å². The number of hydrogen-bond donors (Lipinski definition) is 0. The molecule has 2 fully saturated rings. The van der Waals surface area contributed by atoms with E-state index in [9.17, 15) is 4.79 Å². The first-order valence-corrected chi connectivity index (χ1v) is 8.57. The van der Waals surface area contributed by atoms with Crippen molar-refractivity contribution in [3.63, 3.8) is 0 Å². The van der Waals surface area contributed by atoms with E-state index >= 15 is 0 Å². The molecule has 2 aliphatic rings. The highest BCUT2D eigenvalue weighted by Gasteiger charge is 2.35. The molecular weight excluding hydrogens is 246 g/mol. The largest absolute Gasteiger partial charge is 0.305 e. The molecule has 0 spiro atoms. The number of rotatable bonds is 4. The van der Waals surface area contributed by atoms with Gasteiger partial charge < -0.3 is 4.90 Å². The fourth-order valence-electron chi connectivity index (χ4n) is 4.16. The maximum absolute atomic E-state index is 12.2. The molecule has 2 nitrogen and oxygen atoms in total. The minimum atomic E-state index is 0.291. The molecule has 2 saturated carbocycles. The van der Waals surface area contributed by atoms with Gasteiger partial charge in [0.1, 0.15) is 5.78 Å². The van der Waals surface area contributed by atoms with Crippen molar-refractivity contribution in [2.24, 2.45) is 23.2 Å². The van der Waals surface area contributed by atoms with E-state index in [1.165, 1.54) is 32.2 Å². The van der Waals surface area contributed by atoms with Gasteiger partial charge in [0.15, 0.2) is 0 Å². The van der Waals surface area contributed by atoms with Crippen LogP contribution in [0.4, 0.5) is 0 Å². The highest BCUT2D eigenvalue weighted by molar-refractivity contribution is 5.82. The van der Waals surface area contributed by atoms with Gasteiger partial charge in [0.05, 0.1) is 0 Å². The zero-order chi connectivity index (χ0) is 14.8. The molecule has 0 heterocycles. The van der Waals surface area contributed by atoms with Crippen molar-refractivity contribution in [3.8, 4) is 0 Å². The summed E-state index contributed by atoms with van der Waals surface area (Å²) in [6, 6.07) is 0. The monoisotopic (exact) mass is 279 g/mol. The first-order valence-electron chi connectivity index (χ1n) is 8.57. The molecule has 2 heteroatoms. The first kappa shape index (κ1) is 16.0. The Balaban J connectivity index is 1.84. The Morgan fingerprint density at radius 1 is 1.10 bits per heavy atom. The third-order valence-electron chi connectivity index (χ3n) is 5.56. The molecule has 0 saturated heterocycles. The van der Waals surface area contributed by atoms with Crippen LogP contribution in [-0.2, 0) is 4.79 Å². The standard InChI is InChI=1S/C18H33NO/c1-18(2,3)16-9-10-17(20)15(11-16)13-19(4)12-14-7-5-6-8-14/h14-16H,5-13H2,1-4H3. The minimum absolute atomic E-state index is 0.291. The van der Waals surface area contributed by atoms with E-state index in [0.717, 1.165) is 31.7 Å².